The van der Waals surface area contributed by atoms with Crippen LogP contribution in [0, 0.1) is 18.3 Å². The molecule has 0 N–H and O–H groups in total. The Morgan fingerprint density at radius 3 is 2.81 bits per heavy atom. The Kier molecular flexibility index (Phi) is 3.23. The third kappa shape index (κ3) is 2.41. The minimum absolute atomic E-state index is 0.645. The minimum Gasteiger partial charge on any atom is -0.250 e. The Hall–Kier alpha value is -1.79. The van der Waals surface area contributed by atoms with Crippen LogP contribution in [0.5, 0.6) is 0 Å². The first-order chi connectivity index (χ1) is 7.79. The van der Waals surface area contributed by atoms with Crippen molar-refractivity contribution in [3.63, 3.8) is 0 Å². The lowest BCUT2D eigenvalue weighted by molar-refractivity contribution is 1.12. The summed E-state index contributed by atoms with van der Waals surface area (Å²) in [5, 5.41) is 9.65. The van der Waals surface area contributed by atoms with Gasteiger partial charge in [-0.05, 0) is 30.7 Å². The number of nitrogens with zero attached hydrogens (tertiary/aromatic N) is 2. The predicted octanol–water partition coefficient (Wildman–Crippen LogP) is 3.41. The number of nitriles is 1. The summed E-state index contributed by atoms with van der Waals surface area (Å²) in [6.07, 6.45) is 1.67. The molecule has 1 aromatic carbocycles. The van der Waals surface area contributed by atoms with Crippen LogP contribution in [0.2, 0.25) is 0 Å². The molecule has 0 bridgehead atoms. The van der Waals surface area contributed by atoms with Crippen molar-refractivity contribution in [1.29, 1.82) is 5.26 Å². The second-order valence-corrected chi connectivity index (χ2v) is 4.42. The van der Waals surface area contributed by atoms with Crippen molar-refractivity contribution in [3.8, 4) is 6.07 Å². The van der Waals surface area contributed by atoms with Crippen LogP contribution in [-0.2, 0) is 0 Å². The molecule has 0 fully saturated rings. The van der Waals surface area contributed by atoms with E-state index in [1.165, 1.54) is 10.5 Å². The van der Waals surface area contributed by atoms with Gasteiger partial charge in [0.25, 0.3) is 0 Å². The normalized spacial score (nSPS) is 9.75. The van der Waals surface area contributed by atoms with Crippen LogP contribution in [0.3, 0.4) is 0 Å². The van der Waals surface area contributed by atoms with Gasteiger partial charge in [0.05, 0.1) is 11.6 Å². The smallest absolute Gasteiger partial charge is 0.102 e. The van der Waals surface area contributed by atoms with E-state index < -0.39 is 0 Å². The maximum atomic E-state index is 8.80. The highest BCUT2D eigenvalue weighted by molar-refractivity contribution is 7.99. The standard InChI is InChI=1S/C13H10N2S/c1-10-4-2-3-5-12(10)16-13-8-11(9-14)6-7-15-13/h2-8H,1H3. The van der Waals surface area contributed by atoms with E-state index in [1.807, 2.05) is 12.1 Å². The van der Waals surface area contributed by atoms with E-state index in [1.54, 1.807) is 30.1 Å². The predicted molar refractivity (Wildman–Crippen MR) is 64.3 cm³/mol. The fraction of sp³-hybridized carbons (Fsp3) is 0.0769. The van der Waals surface area contributed by atoms with Gasteiger partial charge in [0, 0.05) is 11.1 Å². The van der Waals surface area contributed by atoms with Crippen LogP contribution >= 0.6 is 11.8 Å². The van der Waals surface area contributed by atoms with Crippen molar-refractivity contribution in [2.75, 3.05) is 0 Å². The molecule has 2 rings (SSSR count). The van der Waals surface area contributed by atoms with Gasteiger partial charge in [0.1, 0.15) is 5.03 Å². The molecule has 1 heterocycles. The molecule has 16 heavy (non-hydrogen) atoms. The molecule has 2 nitrogen and oxygen atoms in total. The molecule has 0 spiro atoms. The van der Waals surface area contributed by atoms with E-state index in [9.17, 15) is 0 Å². The van der Waals surface area contributed by atoms with Gasteiger partial charge < -0.3 is 0 Å². The minimum atomic E-state index is 0.645. The third-order valence-electron chi connectivity index (χ3n) is 2.17. The molecule has 0 saturated heterocycles. The SMILES string of the molecule is Cc1ccccc1Sc1cc(C#N)ccn1. The van der Waals surface area contributed by atoms with E-state index in [0.717, 1.165) is 5.03 Å². The van der Waals surface area contributed by atoms with Crippen LogP contribution < -0.4 is 0 Å². The molecule has 78 valence electrons. The first kappa shape index (κ1) is 10.7. The van der Waals surface area contributed by atoms with Crippen molar-refractivity contribution in [2.45, 2.75) is 16.8 Å². The average Bonchev–Trinajstić information content (AvgIpc) is 2.32. The summed E-state index contributed by atoms with van der Waals surface area (Å²) in [5.74, 6) is 0. The summed E-state index contributed by atoms with van der Waals surface area (Å²) in [4.78, 5) is 5.41. The summed E-state index contributed by atoms with van der Waals surface area (Å²) in [6, 6.07) is 13.8. The summed E-state index contributed by atoms with van der Waals surface area (Å²) in [7, 11) is 0. The Morgan fingerprint density at radius 1 is 1.25 bits per heavy atom. The van der Waals surface area contributed by atoms with Gasteiger partial charge in [0.2, 0.25) is 0 Å². The lowest BCUT2D eigenvalue weighted by Crippen LogP contribution is -1.83. The second-order valence-electron chi connectivity index (χ2n) is 3.36. The third-order valence-corrected chi connectivity index (χ3v) is 3.28. The lowest BCUT2D eigenvalue weighted by Gasteiger charge is -2.03. The summed E-state index contributed by atoms with van der Waals surface area (Å²) >= 11 is 1.58. The molecule has 3 heteroatoms. The van der Waals surface area contributed by atoms with Crippen molar-refractivity contribution >= 4 is 11.8 Å². The molecular weight excluding hydrogens is 216 g/mol. The molecule has 0 aliphatic carbocycles. The first-order valence-corrected chi connectivity index (χ1v) is 5.71. The second kappa shape index (κ2) is 4.82. The summed E-state index contributed by atoms with van der Waals surface area (Å²) in [5.41, 5.74) is 1.86. The monoisotopic (exact) mass is 226 g/mol. The first-order valence-electron chi connectivity index (χ1n) is 4.89. The molecular formula is C13H10N2S. The quantitative estimate of drug-likeness (QED) is 0.787. The van der Waals surface area contributed by atoms with E-state index in [4.69, 9.17) is 5.26 Å². The molecule has 0 aliphatic heterocycles. The molecule has 0 saturated carbocycles. The molecule has 0 amide bonds. The average molecular weight is 226 g/mol. The number of hydrogen-bond donors (Lipinski definition) is 0. The molecule has 2 aromatic rings. The van der Waals surface area contributed by atoms with Gasteiger partial charge >= 0.3 is 0 Å². The van der Waals surface area contributed by atoms with Crippen LogP contribution in [0.25, 0.3) is 0 Å². The van der Waals surface area contributed by atoms with Crippen molar-refractivity contribution in [2.24, 2.45) is 0 Å². The topological polar surface area (TPSA) is 36.7 Å². The fourth-order valence-electron chi connectivity index (χ4n) is 1.32. The van der Waals surface area contributed by atoms with Crippen LogP contribution in [-0.4, -0.2) is 4.98 Å². The van der Waals surface area contributed by atoms with E-state index in [2.05, 4.69) is 30.1 Å². The molecule has 1 aromatic heterocycles. The van der Waals surface area contributed by atoms with Crippen LogP contribution in [0.4, 0.5) is 0 Å². The molecule has 0 atom stereocenters. The Morgan fingerprint density at radius 2 is 2.06 bits per heavy atom. The Labute approximate surface area is 99.0 Å². The molecule has 0 aliphatic rings. The number of rotatable bonds is 2. The van der Waals surface area contributed by atoms with Crippen molar-refractivity contribution in [1.82, 2.24) is 4.98 Å². The number of aromatic nitrogens is 1. The lowest BCUT2D eigenvalue weighted by atomic mass is 10.2. The highest BCUT2D eigenvalue weighted by Gasteiger charge is 2.02. The highest BCUT2D eigenvalue weighted by Crippen LogP contribution is 2.28. The summed E-state index contributed by atoms with van der Waals surface area (Å²) < 4.78 is 0. The molecule has 0 unspecified atom stereocenters. The van der Waals surface area contributed by atoms with E-state index in [0.29, 0.717) is 5.56 Å². The zero-order chi connectivity index (χ0) is 11.4. The highest BCUT2D eigenvalue weighted by atomic mass is 32.2. The number of pyridine rings is 1. The maximum absolute atomic E-state index is 8.80. The van der Waals surface area contributed by atoms with Crippen LogP contribution in [0.15, 0.2) is 52.5 Å². The number of benzene rings is 1. The largest absolute Gasteiger partial charge is 0.250 e. The van der Waals surface area contributed by atoms with Gasteiger partial charge in [-0.3, -0.25) is 0 Å². The van der Waals surface area contributed by atoms with Crippen LogP contribution in [0.1, 0.15) is 11.1 Å². The summed E-state index contributed by atoms with van der Waals surface area (Å²) in [6.45, 7) is 2.07. The zero-order valence-electron chi connectivity index (χ0n) is 8.84. The number of hydrogen-bond acceptors (Lipinski definition) is 3. The van der Waals surface area contributed by atoms with Gasteiger partial charge in [0.15, 0.2) is 0 Å². The van der Waals surface area contributed by atoms with Crippen molar-refractivity contribution in [3.05, 3.63) is 53.7 Å². The molecule has 0 radical (unpaired) electrons. The van der Waals surface area contributed by atoms with E-state index in [-0.39, 0.29) is 0 Å². The van der Waals surface area contributed by atoms with Gasteiger partial charge in [-0.2, -0.15) is 5.26 Å². The Bertz CT molecular complexity index is 544. The van der Waals surface area contributed by atoms with Gasteiger partial charge in [-0.15, -0.1) is 0 Å². The maximum Gasteiger partial charge on any atom is 0.102 e. The van der Waals surface area contributed by atoms with Gasteiger partial charge in [-0.25, -0.2) is 4.98 Å². The number of aryl methyl sites for hydroxylation is 1. The zero-order valence-corrected chi connectivity index (χ0v) is 9.66. The van der Waals surface area contributed by atoms with E-state index >= 15 is 0 Å². The van der Waals surface area contributed by atoms with Gasteiger partial charge in [-0.1, -0.05) is 30.0 Å². The fourth-order valence-corrected chi connectivity index (χ4v) is 2.22. The van der Waals surface area contributed by atoms with Crippen molar-refractivity contribution < 1.29 is 0 Å². The Balaban J connectivity index is 2.28.